The van der Waals surface area contributed by atoms with Crippen LogP contribution in [-0.2, 0) is 12.8 Å². The van der Waals surface area contributed by atoms with Crippen molar-refractivity contribution in [2.75, 3.05) is 26.2 Å². The van der Waals surface area contributed by atoms with E-state index in [1.165, 1.54) is 11.3 Å². The van der Waals surface area contributed by atoms with Crippen LogP contribution in [0.15, 0.2) is 10.9 Å². The van der Waals surface area contributed by atoms with E-state index in [0.29, 0.717) is 24.7 Å². The van der Waals surface area contributed by atoms with Crippen LogP contribution in [0.2, 0.25) is 0 Å². The fourth-order valence-electron chi connectivity index (χ4n) is 3.74. The Morgan fingerprint density at radius 1 is 1.14 bits per heavy atom. The van der Waals surface area contributed by atoms with Gasteiger partial charge < -0.3 is 14.8 Å². The van der Waals surface area contributed by atoms with Gasteiger partial charge in [-0.05, 0) is 50.2 Å². The van der Waals surface area contributed by atoms with Gasteiger partial charge in [-0.2, -0.15) is 0 Å². The third-order valence-corrected chi connectivity index (χ3v) is 5.09. The summed E-state index contributed by atoms with van der Waals surface area (Å²) < 4.78 is 1.96. The summed E-state index contributed by atoms with van der Waals surface area (Å²) in [5, 5.41) is 3.25. The summed E-state index contributed by atoms with van der Waals surface area (Å²) in [6.45, 7) is 3.01. The smallest absolute Gasteiger partial charge is 0.263 e. The number of aryl methyl sites for hydroxylation is 1. The number of carbonyl (C=O) groups excluding carboxylic acids is 1. The lowest BCUT2D eigenvalue weighted by atomic mass is 9.94. The van der Waals surface area contributed by atoms with Gasteiger partial charge in [0.25, 0.3) is 11.5 Å². The molecule has 5 heteroatoms. The highest BCUT2D eigenvalue weighted by atomic mass is 16.2. The van der Waals surface area contributed by atoms with Crippen molar-refractivity contribution >= 4 is 5.91 Å². The second kappa shape index (κ2) is 5.54. The Bertz CT molecular complexity index is 655. The monoisotopic (exact) mass is 301 g/mol. The number of hydrogen-bond acceptors (Lipinski definition) is 3. The lowest BCUT2D eigenvalue weighted by Gasteiger charge is -2.28. The van der Waals surface area contributed by atoms with E-state index in [4.69, 9.17) is 0 Å². The van der Waals surface area contributed by atoms with Crippen molar-refractivity contribution in [3.63, 3.8) is 0 Å². The molecule has 0 radical (unpaired) electrons. The number of pyridine rings is 1. The van der Waals surface area contributed by atoms with E-state index in [-0.39, 0.29) is 11.5 Å². The van der Waals surface area contributed by atoms with Crippen molar-refractivity contribution in [1.82, 2.24) is 14.8 Å². The Balaban J connectivity index is 1.77. The molecule has 3 aliphatic rings. The lowest BCUT2D eigenvalue weighted by molar-refractivity contribution is 0.0733. The summed E-state index contributed by atoms with van der Waals surface area (Å²) in [6, 6.07) is 2.25. The van der Waals surface area contributed by atoms with E-state index >= 15 is 0 Å². The molecule has 0 unspecified atom stereocenters. The molecule has 1 amide bonds. The molecule has 2 fully saturated rings. The number of aromatic nitrogens is 1. The first-order valence-electron chi connectivity index (χ1n) is 8.53. The first-order valence-corrected chi connectivity index (χ1v) is 8.53. The predicted molar refractivity (Wildman–Crippen MR) is 84.4 cm³/mol. The molecule has 22 heavy (non-hydrogen) atoms. The molecule has 118 valence electrons. The fraction of sp³-hybridized carbons (Fsp3) is 0.647. The van der Waals surface area contributed by atoms with Gasteiger partial charge >= 0.3 is 0 Å². The van der Waals surface area contributed by atoms with Gasteiger partial charge in [0.1, 0.15) is 5.56 Å². The van der Waals surface area contributed by atoms with Crippen LogP contribution >= 0.6 is 0 Å². The predicted octanol–water partition coefficient (Wildman–Crippen LogP) is 1.11. The third kappa shape index (κ3) is 2.37. The molecule has 1 saturated heterocycles. The normalized spacial score (nSPS) is 21.5. The van der Waals surface area contributed by atoms with E-state index in [0.717, 1.165) is 51.6 Å². The standard InChI is InChI=1S/C17H23N3O2/c21-16(19-9-7-18-8-10-19)14-11-12-3-1-2-4-15(12)20(17(14)22)13-5-6-13/h11,13,18H,1-10H2. The molecule has 1 aromatic heterocycles. The zero-order valence-corrected chi connectivity index (χ0v) is 12.9. The average molecular weight is 301 g/mol. The number of nitrogens with zero attached hydrogens (tertiary/aromatic N) is 2. The molecule has 5 nitrogen and oxygen atoms in total. The highest BCUT2D eigenvalue weighted by Gasteiger charge is 2.32. The van der Waals surface area contributed by atoms with Gasteiger partial charge in [-0.1, -0.05) is 0 Å². The largest absolute Gasteiger partial charge is 0.336 e. The molecular formula is C17H23N3O2. The first kappa shape index (κ1) is 14.0. The maximum Gasteiger partial charge on any atom is 0.263 e. The minimum Gasteiger partial charge on any atom is -0.336 e. The van der Waals surface area contributed by atoms with Crippen molar-refractivity contribution in [2.24, 2.45) is 0 Å². The Labute approximate surface area is 130 Å². The van der Waals surface area contributed by atoms with Crippen molar-refractivity contribution in [2.45, 2.75) is 44.6 Å². The Morgan fingerprint density at radius 3 is 2.59 bits per heavy atom. The van der Waals surface area contributed by atoms with Crippen LogP contribution in [0, 0.1) is 0 Å². The maximum absolute atomic E-state index is 12.9. The van der Waals surface area contributed by atoms with E-state index in [1.807, 2.05) is 15.5 Å². The minimum atomic E-state index is -0.0747. The maximum atomic E-state index is 12.9. The summed E-state index contributed by atoms with van der Waals surface area (Å²) in [4.78, 5) is 27.5. The highest BCUT2D eigenvalue weighted by molar-refractivity contribution is 5.94. The van der Waals surface area contributed by atoms with Gasteiger partial charge in [0.05, 0.1) is 0 Å². The van der Waals surface area contributed by atoms with Crippen molar-refractivity contribution < 1.29 is 4.79 Å². The molecule has 0 aromatic carbocycles. The molecule has 0 spiro atoms. The number of hydrogen-bond donors (Lipinski definition) is 1. The van der Waals surface area contributed by atoms with E-state index < -0.39 is 0 Å². The lowest BCUT2D eigenvalue weighted by Crippen LogP contribution is -2.48. The molecule has 0 atom stereocenters. The van der Waals surface area contributed by atoms with Gasteiger partial charge in [-0.3, -0.25) is 9.59 Å². The molecule has 1 aromatic rings. The van der Waals surface area contributed by atoms with Crippen LogP contribution in [0.3, 0.4) is 0 Å². The number of rotatable bonds is 2. The summed E-state index contributed by atoms with van der Waals surface area (Å²) in [7, 11) is 0. The average Bonchev–Trinajstić information content (AvgIpc) is 3.39. The van der Waals surface area contributed by atoms with Crippen molar-refractivity contribution in [3.05, 3.63) is 33.2 Å². The van der Waals surface area contributed by atoms with Crippen LogP contribution in [0.1, 0.15) is 53.3 Å². The fourth-order valence-corrected chi connectivity index (χ4v) is 3.74. The van der Waals surface area contributed by atoms with Gasteiger partial charge in [0.15, 0.2) is 0 Å². The molecule has 1 aliphatic heterocycles. The van der Waals surface area contributed by atoms with Gasteiger partial charge in [-0.15, -0.1) is 0 Å². The van der Waals surface area contributed by atoms with E-state index in [2.05, 4.69) is 5.32 Å². The minimum absolute atomic E-state index is 0.0494. The second-order valence-electron chi connectivity index (χ2n) is 6.69. The summed E-state index contributed by atoms with van der Waals surface area (Å²) in [6.07, 6.45) is 6.48. The Morgan fingerprint density at radius 2 is 1.86 bits per heavy atom. The summed E-state index contributed by atoms with van der Waals surface area (Å²) in [5.41, 5.74) is 2.79. The Kier molecular flexibility index (Phi) is 3.53. The number of nitrogens with one attached hydrogen (secondary N) is 1. The van der Waals surface area contributed by atoms with Crippen molar-refractivity contribution in [1.29, 1.82) is 0 Å². The van der Waals surface area contributed by atoms with Gasteiger partial charge in [0, 0.05) is 37.9 Å². The quantitative estimate of drug-likeness (QED) is 0.890. The summed E-state index contributed by atoms with van der Waals surface area (Å²) >= 11 is 0. The molecule has 0 bridgehead atoms. The summed E-state index contributed by atoms with van der Waals surface area (Å²) in [5.74, 6) is -0.0747. The topological polar surface area (TPSA) is 54.3 Å². The second-order valence-corrected chi connectivity index (χ2v) is 6.69. The van der Waals surface area contributed by atoms with Crippen molar-refractivity contribution in [3.8, 4) is 0 Å². The van der Waals surface area contributed by atoms with E-state index in [9.17, 15) is 9.59 Å². The number of carbonyl (C=O) groups is 1. The molecule has 2 heterocycles. The molecule has 2 aliphatic carbocycles. The molecule has 4 rings (SSSR count). The van der Waals surface area contributed by atoms with Crippen LogP contribution in [-0.4, -0.2) is 41.6 Å². The SMILES string of the molecule is O=C(c1cc2c(n(C3CC3)c1=O)CCCC2)N1CCNCC1. The molecule has 1 saturated carbocycles. The van der Waals surface area contributed by atoms with Crippen LogP contribution in [0.5, 0.6) is 0 Å². The molecule has 1 N–H and O–H groups in total. The zero-order valence-electron chi connectivity index (χ0n) is 12.9. The first-order chi connectivity index (χ1) is 10.8. The number of amides is 1. The molecular weight excluding hydrogens is 278 g/mol. The van der Waals surface area contributed by atoms with Crippen LogP contribution in [0.25, 0.3) is 0 Å². The third-order valence-electron chi connectivity index (χ3n) is 5.09. The number of piperazine rings is 1. The van der Waals surface area contributed by atoms with Gasteiger partial charge in [0.2, 0.25) is 0 Å². The van der Waals surface area contributed by atoms with Crippen LogP contribution in [0.4, 0.5) is 0 Å². The Hall–Kier alpha value is -1.62. The zero-order chi connectivity index (χ0) is 15.1. The highest BCUT2D eigenvalue weighted by Crippen LogP contribution is 2.36. The van der Waals surface area contributed by atoms with Gasteiger partial charge in [-0.25, -0.2) is 0 Å². The van der Waals surface area contributed by atoms with Crippen LogP contribution < -0.4 is 10.9 Å². The number of fused-ring (bicyclic) bond motifs is 1. The van der Waals surface area contributed by atoms with E-state index in [1.54, 1.807) is 0 Å².